The highest BCUT2D eigenvalue weighted by molar-refractivity contribution is 7.94. The Morgan fingerprint density at radius 3 is 1.74 bits per heavy atom. The van der Waals surface area contributed by atoms with E-state index in [9.17, 15) is 10.2 Å². The van der Waals surface area contributed by atoms with Crippen LogP contribution in [0.5, 0.6) is 0 Å². The molecule has 192 valence electrons. The van der Waals surface area contributed by atoms with Crippen LogP contribution in [0.4, 0.5) is 0 Å². The molecule has 0 aliphatic heterocycles. The van der Waals surface area contributed by atoms with E-state index >= 15 is 0 Å². The maximum Gasteiger partial charge on any atom is 0.309 e. The van der Waals surface area contributed by atoms with Gasteiger partial charge in [-0.15, -0.1) is 0 Å². The molecule has 0 bridgehead atoms. The molecule has 35 heavy (non-hydrogen) atoms. The molecule has 1 aliphatic rings. The average molecular weight is 499 g/mol. The van der Waals surface area contributed by atoms with Gasteiger partial charge in [-0.3, -0.25) is 0 Å². The van der Waals surface area contributed by atoms with Gasteiger partial charge in [-0.1, -0.05) is 31.5 Å². The zero-order valence-corrected chi connectivity index (χ0v) is 24.5. The highest BCUT2D eigenvalue weighted by Gasteiger charge is 2.40. The quantitative estimate of drug-likeness (QED) is 0.360. The fraction of sp³-hybridized carbons (Fsp3) is 0.586. The normalized spacial score (nSPS) is 15.7. The maximum atomic E-state index is 10.5. The molecular formula is C29H43BO4S. The van der Waals surface area contributed by atoms with Crippen LogP contribution in [-0.4, -0.2) is 40.1 Å². The summed E-state index contributed by atoms with van der Waals surface area (Å²) in [6.45, 7) is 23.6. The van der Waals surface area contributed by atoms with Gasteiger partial charge < -0.3 is 19.1 Å². The molecule has 0 saturated carbocycles. The van der Waals surface area contributed by atoms with Crippen LogP contribution >= 0.6 is 12.0 Å². The van der Waals surface area contributed by atoms with Crippen molar-refractivity contribution in [3.8, 4) is 11.1 Å². The van der Waals surface area contributed by atoms with E-state index in [1.165, 1.54) is 39.9 Å². The first-order valence-electron chi connectivity index (χ1n) is 12.4. The number of rotatable bonds is 8. The molecule has 0 heterocycles. The van der Waals surface area contributed by atoms with Crippen molar-refractivity contribution >= 4 is 25.0 Å². The monoisotopic (exact) mass is 498 g/mol. The molecule has 3 rings (SSSR count). The molecule has 6 heteroatoms. The SMILES string of the molecule is Cc1cc2c(cc1BOC(C)(C)C(C)(C)O)C(C)(C)c1cc(SOC(C)(C)C(C)(C)O)c(C)cc1-2. The molecule has 0 atom stereocenters. The minimum atomic E-state index is -0.962. The van der Waals surface area contributed by atoms with Crippen molar-refractivity contribution in [2.24, 2.45) is 0 Å². The molecule has 2 N–H and O–H groups in total. The Morgan fingerprint density at radius 2 is 1.23 bits per heavy atom. The van der Waals surface area contributed by atoms with Crippen LogP contribution in [0.2, 0.25) is 0 Å². The second-order valence-corrected chi connectivity index (χ2v) is 13.5. The van der Waals surface area contributed by atoms with Crippen LogP contribution in [0.15, 0.2) is 29.2 Å². The van der Waals surface area contributed by atoms with E-state index in [1.54, 1.807) is 27.7 Å². The molecule has 1 aliphatic carbocycles. The number of fused-ring (bicyclic) bond motifs is 3. The predicted molar refractivity (Wildman–Crippen MR) is 149 cm³/mol. The lowest BCUT2D eigenvalue weighted by Crippen LogP contribution is -2.49. The summed E-state index contributed by atoms with van der Waals surface area (Å²) in [6, 6.07) is 9.07. The third-order valence-electron chi connectivity index (χ3n) is 8.30. The van der Waals surface area contributed by atoms with E-state index in [0.717, 1.165) is 15.9 Å². The molecule has 0 fully saturated rings. The molecule has 0 aromatic heterocycles. The fourth-order valence-electron chi connectivity index (χ4n) is 4.00. The largest absolute Gasteiger partial charge is 0.427 e. The zero-order valence-electron chi connectivity index (χ0n) is 23.6. The first kappa shape index (κ1) is 28.3. The third kappa shape index (κ3) is 5.24. The molecule has 4 nitrogen and oxygen atoms in total. The van der Waals surface area contributed by atoms with Gasteiger partial charge in [0.25, 0.3) is 0 Å². The van der Waals surface area contributed by atoms with Crippen LogP contribution in [0.1, 0.15) is 91.5 Å². The van der Waals surface area contributed by atoms with Gasteiger partial charge in [0.1, 0.15) is 5.60 Å². The van der Waals surface area contributed by atoms with E-state index in [2.05, 4.69) is 52.0 Å². The Morgan fingerprint density at radius 1 is 0.743 bits per heavy atom. The maximum absolute atomic E-state index is 10.5. The van der Waals surface area contributed by atoms with Gasteiger partial charge in [0, 0.05) is 22.4 Å². The van der Waals surface area contributed by atoms with Gasteiger partial charge in [-0.25, -0.2) is 0 Å². The number of hydrogen-bond acceptors (Lipinski definition) is 5. The van der Waals surface area contributed by atoms with Crippen molar-refractivity contribution in [3.05, 3.63) is 46.5 Å². The molecule has 0 amide bonds. The van der Waals surface area contributed by atoms with Crippen molar-refractivity contribution in [2.45, 2.75) is 116 Å². The van der Waals surface area contributed by atoms with Crippen LogP contribution in [0, 0.1) is 13.8 Å². The van der Waals surface area contributed by atoms with Gasteiger partial charge >= 0.3 is 7.48 Å². The minimum Gasteiger partial charge on any atom is -0.427 e. The predicted octanol–water partition coefficient (Wildman–Crippen LogP) is 5.73. The minimum absolute atomic E-state index is 0.173. The first-order chi connectivity index (χ1) is 15.7. The van der Waals surface area contributed by atoms with Crippen molar-refractivity contribution in [1.82, 2.24) is 0 Å². The Balaban J connectivity index is 1.95. The zero-order chi connectivity index (χ0) is 26.8. The Kier molecular flexibility index (Phi) is 7.20. The van der Waals surface area contributed by atoms with E-state index in [4.69, 9.17) is 8.84 Å². The summed E-state index contributed by atoms with van der Waals surface area (Å²) >= 11 is 1.34. The molecule has 0 spiro atoms. The molecule has 0 saturated heterocycles. The summed E-state index contributed by atoms with van der Waals surface area (Å²) in [4.78, 5) is 1.06. The molecule has 2 aromatic rings. The van der Waals surface area contributed by atoms with Crippen molar-refractivity contribution in [2.75, 3.05) is 0 Å². The summed E-state index contributed by atoms with van der Waals surface area (Å²) in [5, 5.41) is 21.0. The Hall–Kier alpha value is -1.31. The van der Waals surface area contributed by atoms with Gasteiger partial charge in [0.05, 0.1) is 16.8 Å². The number of hydrogen-bond donors (Lipinski definition) is 2. The van der Waals surface area contributed by atoms with E-state index in [1.807, 2.05) is 27.7 Å². The van der Waals surface area contributed by atoms with E-state index in [-0.39, 0.29) is 5.41 Å². The van der Waals surface area contributed by atoms with Crippen LogP contribution in [0.3, 0.4) is 0 Å². The van der Waals surface area contributed by atoms with Crippen LogP contribution in [-0.2, 0) is 14.3 Å². The second kappa shape index (κ2) is 8.92. The van der Waals surface area contributed by atoms with Gasteiger partial charge in [-0.05, 0) is 115 Å². The van der Waals surface area contributed by atoms with Gasteiger partial charge in [0.15, 0.2) is 0 Å². The Labute approximate surface area is 217 Å². The fourth-order valence-corrected chi connectivity index (χ4v) is 4.86. The lowest BCUT2D eigenvalue weighted by atomic mass is 9.75. The van der Waals surface area contributed by atoms with Crippen LogP contribution < -0.4 is 5.46 Å². The number of aryl methyl sites for hydroxylation is 2. The van der Waals surface area contributed by atoms with Crippen molar-refractivity contribution < 1.29 is 19.1 Å². The van der Waals surface area contributed by atoms with E-state index < -0.39 is 22.4 Å². The number of benzene rings is 2. The van der Waals surface area contributed by atoms with Crippen molar-refractivity contribution in [1.29, 1.82) is 0 Å². The summed E-state index contributed by atoms with van der Waals surface area (Å²) in [5.41, 5.74) is 5.13. The topological polar surface area (TPSA) is 58.9 Å². The summed E-state index contributed by atoms with van der Waals surface area (Å²) in [5.74, 6) is 0. The average Bonchev–Trinajstić information content (AvgIpc) is 2.88. The molecule has 0 radical (unpaired) electrons. The highest BCUT2D eigenvalue weighted by atomic mass is 32.2. The van der Waals surface area contributed by atoms with Gasteiger partial charge in [-0.2, -0.15) is 0 Å². The molecular weight excluding hydrogens is 455 g/mol. The van der Waals surface area contributed by atoms with Gasteiger partial charge in [0.2, 0.25) is 0 Å². The number of aliphatic hydroxyl groups is 2. The van der Waals surface area contributed by atoms with E-state index in [0.29, 0.717) is 7.48 Å². The second-order valence-electron chi connectivity index (χ2n) is 12.7. The summed E-state index contributed by atoms with van der Waals surface area (Å²) in [7, 11) is 0.447. The molecule has 0 unspecified atom stereocenters. The molecule has 2 aromatic carbocycles. The highest BCUT2D eigenvalue weighted by Crippen LogP contribution is 2.50. The van der Waals surface area contributed by atoms with Crippen molar-refractivity contribution in [3.63, 3.8) is 0 Å². The summed E-state index contributed by atoms with van der Waals surface area (Å²) < 4.78 is 12.3. The standard InChI is InChI=1S/C29H43BO4S/c1-17-13-19-20-14-18(2)24(35-34-29(11,12)27(7,8)32)16-22(20)25(3,4)21(19)15-23(17)30-33-28(9,10)26(5,6)31/h13-16,30-32H,1-12H3. The lowest BCUT2D eigenvalue weighted by molar-refractivity contribution is -0.0893. The Bertz CT molecular complexity index is 1030. The van der Waals surface area contributed by atoms with Crippen LogP contribution in [0.25, 0.3) is 11.1 Å². The smallest absolute Gasteiger partial charge is 0.309 e. The third-order valence-corrected chi connectivity index (χ3v) is 9.42. The summed E-state index contributed by atoms with van der Waals surface area (Å²) in [6.07, 6.45) is 0. The lowest BCUT2D eigenvalue weighted by Gasteiger charge is -2.37. The first-order valence-corrected chi connectivity index (χ1v) is 13.2.